The summed E-state index contributed by atoms with van der Waals surface area (Å²) in [4.78, 5) is 12.8. The number of nitrogens with zero attached hydrogens (tertiary/aromatic N) is 2. The largest absolute Gasteiger partial charge is 0.494 e. The Balaban J connectivity index is 1.83. The second-order valence-corrected chi connectivity index (χ2v) is 8.56. The van der Waals surface area contributed by atoms with Gasteiger partial charge in [0.15, 0.2) is 0 Å². The van der Waals surface area contributed by atoms with Gasteiger partial charge in [0, 0.05) is 16.5 Å². The zero-order valence-corrected chi connectivity index (χ0v) is 18.6. The number of unbranched alkanes of at least 4 members (excludes halogenated alkanes) is 1. The van der Waals surface area contributed by atoms with Crippen molar-refractivity contribution < 1.29 is 14.3 Å². The topological polar surface area (TPSA) is 53.4 Å². The van der Waals surface area contributed by atoms with Gasteiger partial charge >= 0.3 is 5.97 Å². The zero-order chi connectivity index (χ0) is 21.7. The molecule has 0 aliphatic carbocycles. The molecule has 0 saturated heterocycles. The first kappa shape index (κ1) is 21.9. The molecule has 0 radical (unpaired) electrons. The molecular weight excluding hydrogens is 400 g/mol. The van der Waals surface area contributed by atoms with Gasteiger partial charge in [-0.2, -0.15) is 5.10 Å². The Hall–Kier alpha value is -2.79. The van der Waals surface area contributed by atoms with Crippen LogP contribution in [0, 0.1) is 0 Å². The maximum absolute atomic E-state index is 12.8. The van der Waals surface area contributed by atoms with Crippen LogP contribution in [0.5, 0.6) is 11.6 Å². The fraction of sp³-hybridized carbons (Fsp3) is 0.333. The zero-order valence-electron chi connectivity index (χ0n) is 17.8. The Kier molecular flexibility index (Phi) is 6.83. The van der Waals surface area contributed by atoms with Crippen molar-refractivity contribution in [2.45, 2.75) is 46.0 Å². The molecule has 0 unspecified atom stereocenters. The molecule has 0 N–H and O–H groups in total. The highest BCUT2D eigenvalue weighted by molar-refractivity contribution is 6.30. The molecule has 0 atom stereocenters. The third-order valence-corrected chi connectivity index (χ3v) is 4.82. The molecule has 0 spiro atoms. The predicted octanol–water partition coefficient (Wildman–Crippen LogP) is 6.22. The molecule has 0 fully saturated rings. The highest BCUT2D eigenvalue weighted by Gasteiger charge is 2.23. The van der Waals surface area contributed by atoms with Gasteiger partial charge in [-0.05, 0) is 55.0 Å². The van der Waals surface area contributed by atoms with Crippen molar-refractivity contribution in [1.82, 2.24) is 9.78 Å². The third kappa shape index (κ3) is 5.42. The second kappa shape index (κ2) is 9.35. The van der Waals surface area contributed by atoms with Crippen LogP contribution in [0.1, 0.15) is 56.6 Å². The van der Waals surface area contributed by atoms with E-state index in [1.807, 2.05) is 12.1 Å². The van der Waals surface area contributed by atoms with Crippen molar-refractivity contribution in [2.24, 2.45) is 0 Å². The van der Waals surface area contributed by atoms with Crippen LogP contribution in [0.3, 0.4) is 0 Å². The summed E-state index contributed by atoms with van der Waals surface area (Å²) in [5.74, 6) is 0.641. The number of benzene rings is 2. The average Bonchev–Trinajstić information content (AvgIpc) is 3.13. The molecule has 3 rings (SSSR count). The van der Waals surface area contributed by atoms with Gasteiger partial charge in [-0.15, -0.1) is 0 Å². The highest BCUT2D eigenvalue weighted by atomic mass is 35.5. The number of carbonyl (C=O) groups is 1. The van der Waals surface area contributed by atoms with Crippen molar-refractivity contribution in [3.8, 4) is 17.3 Å². The minimum Gasteiger partial charge on any atom is -0.494 e. The van der Waals surface area contributed by atoms with Crippen LogP contribution in [0.25, 0.3) is 5.69 Å². The van der Waals surface area contributed by atoms with Crippen molar-refractivity contribution >= 4 is 17.6 Å². The van der Waals surface area contributed by atoms with Gasteiger partial charge in [0.1, 0.15) is 5.75 Å². The Morgan fingerprint density at radius 3 is 2.33 bits per heavy atom. The lowest BCUT2D eigenvalue weighted by molar-refractivity contribution is 0.0723. The molecular formula is C24H27ClN2O3. The Bertz CT molecular complexity index is 987. The van der Waals surface area contributed by atoms with Gasteiger partial charge < -0.3 is 9.47 Å². The Morgan fingerprint density at radius 1 is 1.07 bits per heavy atom. The van der Waals surface area contributed by atoms with Crippen LogP contribution < -0.4 is 9.47 Å². The Labute approximate surface area is 182 Å². The number of carbonyl (C=O) groups excluding carboxylic acids is 1. The molecule has 0 aliphatic rings. The van der Waals surface area contributed by atoms with E-state index in [4.69, 9.17) is 21.1 Å². The van der Waals surface area contributed by atoms with Gasteiger partial charge in [0.25, 0.3) is 0 Å². The lowest BCUT2D eigenvalue weighted by Gasteiger charge is -2.13. The molecule has 0 bridgehead atoms. The quantitative estimate of drug-likeness (QED) is 0.332. The first-order chi connectivity index (χ1) is 14.3. The summed E-state index contributed by atoms with van der Waals surface area (Å²) >= 11 is 6.01. The normalized spacial score (nSPS) is 11.4. The summed E-state index contributed by atoms with van der Waals surface area (Å²) in [6.45, 7) is 8.96. The number of hydrogen-bond donors (Lipinski definition) is 0. The van der Waals surface area contributed by atoms with Crippen molar-refractivity contribution in [2.75, 3.05) is 6.61 Å². The first-order valence-electron chi connectivity index (χ1n) is 10.1. The van der Waals surface area contributed by atoms with Crippen molar-refractivity contribution in [3.05, 3.63) is 70.9 Å². The van der Waals surface area contributed by atoms with E-state index in [0.29, 0.717) is 23.1 Å². The number of rotatable bonds is 7. The highest BCUT2D eigenvalue weighted by Crippen LogP contribution is 2.28. The van der Waals surface area contributed by atoms with E-state index < -0.39 is 5.97 Å². The van der Waals surface area contributed by atoms with Gasteiger partial charge in [-0.25, -0.2) is 9.48 Å². The number of halogens is 1. The van der Waals surface area contributed by atoms with E-state index in [1.54, 1.807) is 47.1 Å². The molecule has 3 aromatic rings. The summed E-state index contributed by atoms with van der Waals surface area (Å²) < 4.78 is 13.0. The molecule has 2 aromatic carbocycles. The van der Waals surface area contributed by atoms with Gasteiger partial charge in [-0.3, -0.25) is 0 Å². The number of ether oxygens (including phenoxy) is 2. The molecule has 30 heavy (non-hydrogen) atoms. The number of hydrogen-bond acceptors (Lipinski definition) is 4. The maximum Gasteiger partial charge on any atom is 0.344 e. The fourth-order valence-electron chi connectivity index (χ4n) is 2.75. The van der Waals surface area contributed by atoms with Gasteiger partial charge in [0.2, 0.25) is 5.88 Å². The lowest BCUT2D eigenvalue weighted by atomic mass is 9.93. The standard InChI is InChI=1S/C24H27ClN2O3/c1-5-6-15-29-20-13-7-17(8-14-20)23(28)30-22-16-21(24(2,3)4)26-27(22)19-11-9-18(25)10-12-19/h7-14,16H,5-6,15H2,1-4H3. The summed E-state index contributed by atoms with van der Waals surface area (Å²) in [6.07, 6.45) is 2.07. The smallest absolute Gasteiger partial charge is 0.344 e. The number of esters is 1. The molecule has 158 valence electrons. The van der Waals surface area contributed by atoms with Crippen LogP contribution in [-0.4, -0.2) is 22.4 Å². The second-order valence-electron chi connectivity index (χ2n) is 8.12. The van der Waals surface area contributed by atoms with Gasteiger partial charge in [-0.1, -0.05) is 45.7 Å². The third-order valence-electron chi connectivity index (χ3n) is 4.57. The summed E-state index contributed by atoms with van der Waals surface area (Å²) in [5.41, 5.74) is 1.83. The van der Waals surface area contributed by atoms with Crippen molar-refractivity contribution in [1.29, 1.82) is 0 Å². The molecule has 0 aliphatic heterocycles. The van der Waals surface area contributed by atoms with E-state index in [0.717, 1.165) is 30.0 Å². The summed E-state index contributed by atoms with van der Waals surface area (Å²) in [7, 11) is 0. The molecule has 0 amide bonds. The molecule has 0 saturated carbocycles. The van der Waals surface area contributed by atoms with Crippen LogP contribution >= 0.6 is 11.6 Å². The number of aromatic nitrogens is 2. The fourth-order valence-corrected chi connectivity index (χ4v) is 2.87. The molecule has 6 heteroatoms. The van der Waals surface area contributed by atoms with Crippen LogP contribution in [0.4, 0.5) is 0 Å². The first-order valence-corrected chi connectivity index (χ1v) is 10.5. The van der Waals surface area contributed by atoms with Crippen LogP contribution in [0.2, 0.25) is 5.02 Å². The molecule has 1 aromatic heterocycles. The van der Waals surface area contributed by atoms with Crippen molar-refractivity contribution in [3.63, 3.8) is 0 Å². The Morgan fingerprint density at radius 2 is 1.73 bits per heavy atom. The maximum atomic E-state index is 12.8. The summed E-state index contributed by atoms with van der Waals surface area (Å²) in [6, 6.07) is 16.0. The average molecular weight is 427 g/mol. The van der Waals surface area contributed by atoms with E-state index in [2.05, 4.69) is 32.8 Å². The lowest BCUT2D eigenvalue weighted by Crippen LogP contribution is -2.13. The minimum absolute atomic E-state index is 0.198. The van der Waals surface area contributed by atoms with Crippen LogP contribution in [0.15, 0.2) is 54.6 Å². The van der Waals surface area contributed by atoms with E-state index in [9.17, 15) is 4.79 Å². The summed E-state index contributed by atoms with van der Waals surface area (Å²) in [5, 5.41) is 5.29. The van der Waals surface area contributed by atoms with Gasteiger partial charge in [0.05, 0.1) is 23.6 Å². The van der Waals surface area contributed by atoms with Crippen LogP contribution in [-0.2, 0) is 5.41 Å². The monoisotopic (exact) mass is 426 g/mol. The van der Waals surface area contributed by atoms with E-state index in [1.165, 1.54) is 0 Å². The minimum atomic E-state index is -0.453. The molecule has 1 heterocycles. The van der Waals surface area contributed by atoms with E-state index >= 15 is 0 Å². The predicted molar refractivity (Wildman–Crippen MR) is 119 cm³/mol. The molecule has 5 nitrogen and oxygen atoms in total. The SMILES string of the molecule is CCCCOc1ccc(C(=O)Oc2cc(C(C)(C)C)nn2-c2ccc(Cl)cc2)cc1. The van der Waals surface area contributed by atoms with E-state index in [-0.39, 0.29) is 5.41 Å².